The summed E-state index contributed by atoms with van der Waals surface area (Å²) in [6.07, 6.45) is 1.06. The maximum absolute atomic E-state index is 5.88. The van der Waals surface area contributed by atoms with Crippen LogP contribution in [0.25, 0.3) is 22.0 Å². The molecular formula is C21H26N4O2. The van der Waals surface area contributed by atoms with Crippen LogP contribution >= 0.6 is 0 Å². The summed E-state index contributed by atoms with van der Waals surface area (Å²) < 4.78 is 10.7. The van der Waals surface area contributed by atoms with Crippen molar-refractivity contribution in [3.63, 3.8) is 0 Å². The lowest BCUT2D eigenvalue weighted by atomic mass is 10.0. The minimum atomic E-state index is 0.272. The quantitative estimate of drug-likeness (QED) is 0.647. The number of ether oxygens (including phenoxy) is 2. The summed E-state index contributed by atoms with van der Waals surface area (Å²) in [5.41, 5.74) is 8.77. The van der Waals surface area contributed by atoms with Crippen LogP contribution in [-0.4, -0.2) is 30.7 Å². The minimum absolute atomic E-state index is 0.272. The highest BCUT2D eigenvalue weighted by Gasteiger charge is 2.10. The molecular weight excluding hydrogens is 340 g/mol. The van der Waals surface area contributed by atoms with Gasteiger partial charge in [-0.25, -0.2) is 4.98 Å². The molecule has 0 aliphatic heterocycles. The number of nitrogens with one attached hydrogen (secondary N) is 1. The van der Waals surface area contributed by atoms with Crippen LogP contribution in [0.4, 0.5) is 11.8 Å². The van der Waals surface area contributed by atoms with Crippen molar-refractivity contribution in [2.45, 2.75) is 20.3 Å². The Labute approximate surface area is 159 Å². The molecule has 1 heterocycles. The lowest BCUT2D eigenvalue weighted by Gasteiger charge is -2.13. The standard InChI is InChI=1S/C21H26N4O2/c1-13(2)9-10-23-20-16-11-14(5-7-17(16)24-21(22)25-20)15-6-8-18(26-3)19(12-15)27-4/h5-8,11-13H,9-10H2,1-4H3,(H3,22,23,24,25). The van der Waals surface area contributed by atoms with Crippen LogP contribution in [0, 0.1) is 5.92 Å². The fourth-order valence-electron chi connectivity index (χ4n) is 2.96. The third kappa shape index (κ3) is 4.22. The summed E-state index contributed by atoms with van der Waals surface area (Å²) >= 11 is 0. The largest absolute Gasteiger partial charge is 0.493 e. The number of methoxy groups -OCH3 is 2. The van der Waals surface area contributed by atoms with Crippen molar-refractivity contribution in [1.29, 1.82) is 0 Å². The topological polar surface area (TPSA) is 82.3 Å². The Morgan fingerprint density at radius 1 is 0.963 bits per heavy atom. The number of hydrogen-bond donors (Lipinski definition) is 2. The minimum Gasteiger partial charge on any atom is -0.493 e. The van der Waals surface area contributed by atoms with Gasteiger partial charge in [0.05, 0.1) is 19.7 Å². The molecule has 142 valence electrons. The smallest absolute Gasteiger partial charge is 0.222 e. The van der Waals surface area contributed by atoms with Crippen LogP contribution in [0.15, 0.2) is 36.4 Å². The molecule has 0 spiro atoms. The maximum Gasteiger partial charge on any atom is 0.222 e. The summed E-state index contributed by atoms with van der Waals surface area (Å²) in [6.45, 7) is 5.23. The Balaban J connectivity index is 2.02. The SMILES string of the molecule is COc1ccc(-c2ccc3nc(N)nc(NCCC(C)C)c3c2)cc1OC. The summed E-state index contributed by atoms with van der Waals surface area (Å²) in [6, 6.07) is 11.9. The van der Waals surface area contributed by atoms with Gasteiger partial charge in [-0.1, -0.05) is 26.0 Å². The molecule has 0 aliphatic carbocycles. The first kappa shape index (κ1) is 18.8. The van der Waals surface area contributed by atoms with Gasteiger partial charge in [0, 0.05) is 11.9 Å². The molecule has 0 saturated carbocycles. The van der Waals surface area contributed by atoms with Crippen molar-refractivity contribution in [1.82, 2.24) is 9.97 Å². The van der Waals surface area contributed by atoms with Gasteiger partial charge >= 0.3 is 0 Å². The molecule has 3 aromatic rings. The Morgan fingerprint density at radius 3 is 2.37 bits per heavy atom. The third-order valence-corrected chi connectivity index (χ3v) is 4.44. The van der Waals surface area contributed by atoms with Crippen molar-refractivity contribution >= 4 is 22.7 Å². The predicted molar refractivity (Wildman–Crippen MR) is 110 cm³/mol. The number of hydrogen-bond acceptors (Lipinski definition) is 6. The van der Waals surface area contributed by atoms with E-state index in [2.05, 4.69) is 35.2 Å². The van der Waals surface area contributed by atoms with Crippen LogP contribution in [0.2, 0.25) is 0 Å². The average molecular weight is 366 g/mol. The normalized spacial score (nSPS) is 11.0. The zero-order chi connectivity index (χ0) is 19.4. The second-order valence-corrected chi connectivity index (χ2v) is 6.84. The van der Waals surface area contributed by atoms with E-state index in [0.717, 1.165) is 40.8 Å². The molecule has 0 atom stereocenters. The Kier molecular flexibility index (Phi) is 5.64. The molecule has 0 amide bonds. The first-order valence-electron chi connectivity index (χ1n) is 9.05. The molecule has 0 radical (unpaired) electrons. The van der Waals surface area contributed by atoms with Gasteiger partial charge in [0.25, 0.3) is 0 Å². The van der Waals surface area contributed by atoms with E-state index >= 15 is 0 Å². The first-order valence-corrected chi connectivity index (χ1v) is 9.05. The molecule has 2 aromatic carbocycles. The van der Waals surface area contributed by atoms with Gasteiger partial charge in [0.1, 0.15) is 5.82 Å². The molecule has 0 aliphatic rings. The third-order valence-electron chi connectivity index (χ3n) is 4.44. The molecule has 27 heavy (non-hydrogen) atoms. The van der Waals surface area contributed by atoms with E-state index < -0.39 is 0 Å². The van der Waals surface area contributed by atoms with Crippen LogP contribution in [0.5, 0.6) is 11.5 Å². The van der Waals surface area contributed by atoms with E-state index in [-0.39, 0.29) is 5.95 Å². The van der Waals surface area contributed by atoms with Gasteiger partial charge < -0.3 is 20.5 Å². The lowest BCUT2D eigenvalue weighted by Crippen LogP contribution is -2.08. The number of aromatic nitrogens is 2. The Hall–Kier alpha value is -3.02. The number of rotatable bonds is 7. The van der Waals surface area contributed by atoms with Crippen molar-refractivity contribution in [3.05, 3.63) is 36.4 Å². The van der Waals surface area contributed by atoms with E-state index in [9.17, 15) is 0 Å². The summed E-state index contributed by atoms with van der Waals surface area (Å²) in [5.74, 6) is 3.05. The second kappa shape index (κ2) is 8.12. The fraction of sp³-hybridized carbons (Fsp3) is 0.333. The van der Waals surface area contributed by atoms with Gasteiger partial charge in [-0.15, -0.1) is 0 Å². The predicted octanol–water partition coefficient (Wildman–Crippen LogP) is 4.35. The first-order chi connectivity index (χ1) is 13.0. The van der Waals surface area contributed by atoms with Crippen LogP contribution in [-0.2, 0) is 0 Å². The molecule has 3 rings (SSSR count). The highest BCUT2D eigenvalue weighted by Crippen LogP contribution is 2.34. The van der Waals surface area contributed by atoms with Crippen molar-refractivity contribution < 1.29 is 9.47 Å². The monoisotopic (exact) mass is 366 g/mol. The summed E-state index contributed by atoms with van der Waals surface area (Å²) in [4.78, 5) is 8.76. The number of nitrogens with two attached hydrogens (primary N) is 1. The number of nitrogens with zero attached hydrogens (tertiary/aromatic N) is 2. The lowest BCUT2D eigenvalue weighted by molar-refractivity contribution is 0.355. The van der Waals surface area contributed by atoms with E-state index in [0.29, 0.717) is 17.4 Å². The molecule has 0 unspecified atom stereocenters. The molecule has 1 aromatic heterocycles. The number of nitrogen functional groups attached to an aromatic ring is 1. The number of anilines is 2. The van der Waals surface area contributed by atoms with Crippen molar-refractivity contribution in [3.8, 4) is 22.6 Å². The van der Waals surface area contributed by atoms with Crippen LogP contribution < -0.4 is 20.5 Å². The zero-order valence-corrected chi connectivity index (χ0v) is 16.2. The maximum atomic E-state index is 5.88. The Morgan fingerprint density at radius 2 is 1.67 bits per heavy atom. The van der Waals surface area contributed by atoms with E-state index in [1.54, 1.807) is 14.2 Å². The van der Waals surface area contributed by atoms with E-state index in [1.807, 2.05) is 30.3 Å². The summed E-state index contributed by atoms with van der Waals surface area (Å²) in [5, 5.41) is 4.35. The molecule has 0 saturated heterocycles. The highest BCUT2D eigenvalue weighted by atomic mass is 16.5. The van der Waals surface area contributed by atoms with Gasteiger partial charge in [0.2, 0.25) is 5.95 Å². The highest BCUT2D eigenvalue weighted by molar-refractivity contribution is 5.93. The van der Waals surface area contributed by atoms with E-state index in [4.69, 9.17) is 15.2 Å². The molecule has 0 fully saturated rings. The van der Waals surface area contributed by atoms with Gasteiger partial charge in [0.15, 0.2) is 11.5 Å². The van der Waals surface area contributed by atoms with Crippen LogP contribution in [0.3, 0.4) is 0 Å². The number of fused-ring (bicyclic) bond motifs is 1. The Bertz CT molecular complexity index is 941. The summed E-state index contributed by atoms with van der Waals surface area (Å²) in [7, 11) is 3.26. The molecule has 6 nitrogen and oxygen atoms in total. The van der Waals surface area contributed by atoms with Crippen molar-refractivity contribution in [2.24, 2.45) is 5.92 Å². The average Bonchev–Trinajstić information content (AvgIpc) is 2.66. The fourth-order valence-corrected chi connectivity index (χ4v) is 2.96. The van der Waals surface area contributed by atoms with Crippen molar-refractivity contribution in [2.75, 3.05) is 31.8 Å². The van der Waals surface area contributed by atoms with Gasteiger partial charge in [-0.3, -0.25) is 0 Å². The van der Waals surface area contributed by atoms with Gasteiger partial charge in [-0.05, 0) is 47.7 Å². The number of benzene rings is 2. The molecule has 6 heteroatoms. The van der Waals surface area contributed by atoms with Crippen LogP contribution in [0.1, 0.15) is 20.3 Å². The van der Waals surface area contributed by atoms with E-state index in [1.165, 1.54) is 0 Å². The zero-order valence-electron chi connectivity index (χ0n) is 16.2. The second-order valence-electron chi connectivity index (χ2n) is 6.84. The molecule has 0 bridgehead atoms. The van der Waals surface area contributed by atoms with Gasteiger partial charge in [-0.2, -0.15) is 4.98 Å². The molecule has 3 N–H and O–H groups in total.